The molecule has 0 aliphatic heterocycles. The highest BCUT2D eigenvalue weighted by Gasteiger charge is 2.19. The molecule has 0 radical (unpaired) electrons. The smallest absolute Gasteiger partial charge is 0.311 e. The van der Waals surface area contributed by atoms with Crippen LogP contribution in [0.2, 0.25) is 0 Å². The Morgan fingerprint density at radius 2 is 2.13 bits per heavy atom. The van der Waals surface area contributed by atoms with Gasteiger partial charge in [0.2, 0.25) is 0 Å². The van der Waals surface area contributed by atoms with Crippen LogP contribution in [0.3, 0.4) is 0 Å². The summed E-state index contributed by atoms with van der Waals surface area (Å²) in [7, 11) is 0. The molecule has 0 aliphatic carbocycles. The SMILES string of the molecule is Cc1cc(C)c(OCC(O)COCc2ccco2)c([N+](=O)[O-])c1. The molecule has 1 heterocycles. The minimum atomic E-state index is -0.898. The molecule has 0 fully saturated rings. The van der Waals surface area contributed by atoms with E-state index in [1.54, 1.807) is 32.0 Å². The normalized spacial score (nSPS) is 12.1. The number of benzene rings is 1. The molecule has 124 valence electrons. The second-order valence-corrected chi connectivity index (χ2v) is 5.25. The van der Waals surface area contributed by atoms with Crippen molar-refractivity contribution in [1.82, 2.24) is 0 Å². The van der Waals surface area contributed by atoms with Crippen molar-refractivity contribution in [3.63, 3.8) is 0 Å². The van der Waals surface area contributed by atoms with Crippen LogP contribution in [0.15, 0.2) is 34.9 Å². The third kappa shape index (κ3) is 4.80. The van der Waals surface area contributed by atoms with Crippen LogP contribution in [0.4, 0.5) is 5.69 Å². The summed E-state index contributed by atoms with van der Waals surface area (Å²) in [4.78, 5) is 10.6. The van der Waals surface area contributed by atoms with E-state index < -0.39 is 11.0 Å². The quantitative estimate of drug-likeness (QED) is 0.593. The molecule has 1 aromatic carbocycles. The molecule has 2 aromatic rings. The third-order valence-corrected chi connectivity index (χ3v) is 3.15. The Morgan fingerprint density at radius 3 is 2.78 bits per heavy atom. The minimum absolute atomic E-state index is 0.0411. The maximum absolute atomic E-state index is 11.1. The van der Waals surface area contributed by atoms with Crippen LogP contribution in [0.5, 0.6) is 5.75 Å². The van der Waals surface area contributed by atoms with Crippen molar-refractivity contribution in [2.24, 2.45) is 0 Å². The average Bonchev–Trinajstić information content (AvgIpc) is 2.98. The number of hydrogen-bond donors (Lipinski definition) is 1. The molecule has 0 bridgehead atoms. The summed E-state index contributed by atoms with van der Waals surface area (Å²) in [6.07, 6.45) is 0.641. The zero-order chi connectivity index (χ0) is 16.8. The first-order valence-electron chi connectivity index (χ1n) is 7.14. The lowest BCUT2D eigenvalue weighted by Gasteiger charge is -2.14. The van der Waals surface area contributed by atoms with Gasteiger partial charge in [-0.05, 0) is 37.1 Å². The minimum Gasteiger partial charge on any atom is -0.484 e. The molecule has 0 spiro atoms. The van der Waals surface area contributed by atoms with Gasteiger partial charge in [-0.15, -0.1) is 0 Å². The van der Waals surface area contributed by atoms with E-state index in [0.29, 0.717) is 11.3 Å². The van der Waals surface area contributed by atoms with E-state index >= 15 is 0 Å². The number of aryl methyl sites for hydroxylation is 2. The summed E-state index contributed by atoms with van der Waals surface area (Å²) < 4.78 is 15.8. The average molecular weight is 321 g/mol. The molecule has 0 saturated heterocycles. The fourth-order valence-electron chi connectivity index (χ4n) is 2.17. The molecule has 1 aromatic heterocycles. The number of nitro groups is 1. The molecule has 1 unspecified atom stereocenters. The number of aliphatic hydroxyl groups is 1. The van der Waals surface area contributed by atoms with Gasteiger partial charge in [0.25, 0.3) is 0 Å². The summed E-state index contributed by atoms with van der Waals surface area (Å²) in [5, 5.41) is 21.0. The Bertz CT molecular complexity index is 653. The van der Waals surface area contributed by atoms with Crippen molar-refractivity contribution < 1.29 is 23.9 Å². The van der Waals surface area contributed by atoms with Crippen molar-refractivity contribution in [3.8, 4) is 5.75 Å². The lowest BCUT2D eigenvalue weighted by molar-refractivity contribution is -0.386. The summed E-state index contributed by atoms with van der Waals surface area (Å²) in [6.45, 7) is 3.70. The fourth-order valence-corrected chi connectivity index (χ4v) is 2.17. The zero-order valence-electron chi connectivity index (χ0n) is 13.0. The second-order valence-electron chi connectivity index (χ2n) is 5.25. The maximum atomic E-state index is 11.1. The molecule has 0 saturated carbocycles. The number of aliphatic hydroxyl groups excluding tert-OH is 1. The van der Waals surface area contributed by atoms with Gasteiger partial charge in [0.1, 0.15) is 25.1 Å². The van der Waals surface area contributed by atoms with Gasteiger partial charge in [-0.25, -0.2) is 0 Å². The van der Waals surface area contributed by atoms with Crippen molar-refractivity contribution >= 4 is 5.69 Å². The molecule has 23 heavy (non-hydrogen) atoms. The first-order valence-corrected chi connectivity index (χ1v) is 7.14. The standard InChI is InChI=1S/C16H19NO6/c1-11-6-12(2)16(15(7-11)17(19)20)23-9-13(18)8-21-10-14-4-3-5-22-14/h3-7,13,18H,8-10H2,1-2H3. The number of nitro benzene ring substituents is 1. The van der Waals surface area contributed by atoms with E-state index in [-0.39, 0.29) is 31.3 Å². The van der Waals surface area contributed by atoms with Crippen LogP contribution in [-0.4, -0.2) is 29.3 Å². The van der Waals surface area contributed by atoms with Gasteiger partial charge >= 0.3 is 5.69 Å². The lowest BCUT2D eigenvalue weighted by Crippen LogP contribution is -2.23. The summed E-state index contributed by atoms with van der Waals surface area (Å²) >= 11 is 0. The number of hydrogen-bond acceptors (Lipinski definition) is 6. The molecular formula is C16H19NO6. The predicted octanol–water partition coefficient (Wildman–Crippen LogP) is 2.76. The Labute approximate surface area is 133 Å². The largest absolute Gasteiger partial charge is 0.484 e. The topological polar surface area (TPSA) is 95.0 Å². The Morgan fingerprint density at radius 1 is 1.35 bits per heavy atom. The first-order chi connectivity index (χ1) is 11.0. The van der Waals surface area contributed by atoms with E-state index in [2.05, 4.69) is 0 Å². The molecule has 1 atom stereocenters. The second kappa shape index (κ2) is 7.75. The van der Waals surface area contributed by atoms with E-state index in [9.17, 15) is 15.2 Å². The van der Waals surface area contributed by atoms with Gasteiger partial charge in [0, 0.05) is 6.07 Å². The molecule has 0 amide bonds. The summed E-state index contributed by atoms with van der Waals surface area (Å²) in [5.74, 6) is 0.828. The van der Waals surface area contributed by atoms with Gasteiger partial charge in [0.05, 0.1) is 17.8 Å². The highest BCUT2D eigenvalue weighted by molar-refractivity contribution is 5.53. The van der Waals surface area contributed by atoms with Gasteiger partial charge in [-0.2, -0.15) is 0 Å². The van der Waals surface area contributed by atoms with E-state index in [0.717, 1.165) is 5.56 Å². The first kappa shape index (κ1) is 17.0. The number of furan rings is 1. The van der Waals surface area contributed by atoms with Gasteiger partial charge in [-0.3, -0.25) is 10.1 Å². The van der Waals surface area contributed by atoms with Crippen LogP contribution < -0.4 is 4.74 Å². The van der Waals surface area contributed by atoms with Crippen LogP contribution in [0.25, 0.3) is 0 Å². The summed E-state index contributed by atoms with van der Waals surface area (Å²) in [5.41, 5.74) is 1.33. The lowest BCUT2D eigenvalue weighted by atomic mass is 10.1. The number of ether oxygens (including phenoxy) is 2. The van der Waals surface area contributed by atoms with Crippen molar-refractivity contribution in [1.29, 1.82) is 0 Å². The fraction of sp³-hybridized carbons (Fsp3) is 0.375. The number of rotatable bonds is 8. The van der Waals surface area contributed by atoms with Gasteiger partial charge < -0.3 is 19.0 Å². The highest BCUT2D eigenvalue weighted by Crippen LogP contribution is 2.32. The van der Waals surface area contributed by atoms with Crippen molar-refractivity contribution in [2.45, 2.75) is 26.6 Å². The number of nitrogens with zero attached hydrogens (tertiary/aromatic N) is 1. The summed E-state index contributed by atoms with van der Waals surface area (Å²) in [6, 6.07) is 6.75. The van der Waals surface area contributed by atoms with E-state index in [1.807, 2.05) is 0 Å². The predicted molar refractivity (Wildman–Crippen MR) is 82.4 cm³/mol. The van der Waals surface area contributed by atoms with Gasteiger partial charge in [-0.1, -0.05) is 6.07 Å². The van der Waals surface area contributed by atoms with Gasteiger partial charge in [0.15, 0.2) is 5.75 Å². The molecule has 0 aliphatic rings. The van der Waals surface area contributed by atoms with Crippen LogP contribution in [0.1, 0.15) is 16.9 Å². The van der Waals surface area contributed by atoms with E-state index in [1.165, 1.54) is 12.3 Å². The molecule has 2 rings (SSSR count). The van der Waals surface area contributed by atoms with Crippen LogP contribution >= 0.6 is 0 Å². The van der Waals surface area contributed by atoms with Crippen LogP contribution in [-0.2, 0) is 11.3 Å². The van der Waals surface area contributed by atoms with Crippen molar-refractivity contribution in [3.05, 3.63) is 57.5 Å². The van der Waals surface area contributed by atoms with Crippen LogP contribution in [0, 0.1) is 24.0 Å². The Kier molecular flexibility index (Phi) is 5.72. The molecular weight excluding hydrogens is 302 g/mol. The Hall–Kier alpha value is -2.38. The highest BCUT2D eigenvalue weighted by atomic mass is 16.6. The zero-order valence-corrected chi connectivity index (χ0v) is 13.0. The van der Waals surface area contributed by atoms with E-state index in [4.69, 9.17) is 13.9 Å². The monoisotopic (exact) mass is 321 g/mol. The third-order valence-electron chi connectivity index (χ3n) is 3.15. The molecule has 7 heteroatoms. The Balaban J connectivity index is 1.88. The van der Waals surface area contributed by atoms with Crippen molar-refractivity contribution in [2.75, 3.05) is 13.2 Å². The molecule has 1 N–H and O–H groups in total. The maximum Gasteiger partial charge on any atom is 0.311 e. The molecule has 7 nitrogen and oxygen atoms in total.